The second kappa shape index (κ2) is 13.7. The molecule has 2 aromatic rings. The van der Waals surface area contributed by atoms with Crippen LogP contribution >= 0.6 is 0 Å². The van der Waals surface area contributed by atoms with E-state index in [0.29, 0.717) is 24.3 Å². The molecule has 1 aliphatic heterocycles. The quantitative estimate of drug-likeness (QED) is 0.319. The second-order valence-corrected chi connectivity index (χ2v) is 8.69. The van der Waals surface area contributed by atoms with E-state index in [0.717, 1.165) is 10.5 Å². The van der Waals surface area contributed by atoms with E-state index in [1.807, 2.05) is 30.3 Å². The molecule has 2 atom stereocenters. The minimum Gasteiger partial charge on any atom is -0.480 e. The van der Waals surface area contributed by atoms with Gasteiger partial charge in [-0.3, -0.25) is 19.7 Å². The number of hydrogen-bond acceptors (Lipinski definition) is 7. The zero-order valence-corrected chi connectivity index (χ0v) is 20.5. The average Bonchev–Trinajstić information content (AvgIpc) is 3.43. The fourth-order valence-electron chi connectivity index (χ4n) is 3.81. The summed E-state index contributed by atoms with van der Waals surface area (Å²) in [5.74, 6) is -4.47. The molecule has 1 heterocycles. The van der Waals surface area contributed by atoms with E-state index in [-0.39, 0.29) is 19.6 Å². The van der Waals surface area contributed by atoms with Crippen LogP contribution in [0.3, 0.4) is 0 Å². The molecular weight excluding hydrogens is 498 g/mol. The van der Waals surface area contributed by atoms with Crippen LogP contribution in [-0.2, 0) is 41.7 Å². The lowest BCUT2D eigenvalue weighted by molar-refractivity contribution is -0.148. The molecule has 202 valence electrons. The highest BCUT2D eigenvalue weighted by atomic mass is 16.5. The summed E-state index contributed by atoms with van der Waals surface area (Å²) in [5, 5.41) is 23.6. The largest absolute Gasteiger partial charge is 0.480 e. The molecule has 1 fully saturated rings. The van der Waals surface area contributed by atoms with Crippen molar-refractivity contribution in [2.45, 2.75) is 25.5 Å². The van der Waals surface area contributed by atoms with Crippen LogP contribution in [0.2, 0.25) is 0 Å². The third-order valence-electron chi connectivity index (χ3n) is 5.74. The number of amides is 3. The van der Waals surface area contributed by atoms with Gasteiger partial charge < -0.3 is 29.9 Å². The van der Waals surface area contributed by atoms with Crippen molar-refractivity contribution in [1.29, 1.82) is 0 Å². The van der Waals surface area contributed by atoms with Crippen molar-refractivity contribution in [2.24, 2.45) is 5.92 Å². The number of benzene rings is 2. The number of carbonyl (C=O) groups is 5. The molecular formula is C26H29N3O9. The van der Waals surface area contributed by atoms with E-state index in [1.165, 1.54) is 0 Å². The molecule has 1 unspecified atom stereocenters. The highest BCUT2D eigenvalue weighted by molar-refractivity contribution is 5.90. The van der Waals surface area contributed by atoms with Gasteiger partial charge in [0.05, 0.1) is 12.5 Å². The Bertz CT molecular complexity index is 1130. The normalized spacial score (nSPS) is 15.2. The number of carboxylic acids is 2. The lowest BCUT2D eigenvalue weighted by atomic mass is 10.1. The van der Waals surface area contributed by atoms with E-state index < -0.39 is 54.9 Å². The van der Waals surface area contributed by atoms with Crippen LogP contribution in [0.5, 0.6) is 0 Å². The first-order valence-corrected chi connectivity index (χ1v) is 11.9. The molecule has 3 amide bonds. The molecule has 3 rings (SSSR count). The van der Waals surface area contributed by atoms with Crippen molar-refractivity contribution in [3.05, 3.63) is 65.7 Å². The van der Waals surface area contributed by atoms with E-state index >= 15 is 0 Å². The molecule has 1 aliphatic rings. The van der Waals surface area contributed by atoms with Gasteiger partial charge in [-0.1, -0.05) is 42.5 Å². The van der Waals surface area contributed by atoms with E-state index in [2.05, 4.69) is 10.6 Å². The van der Waals surface area contributed by atoms with Crippen LogP contribution in [0.25, 0.3) is 0 Å². The van der Waals surface area contributed by atoms with E-state index in [4.69, 9.17) is 14.6 Å². The van der Waals surface area contributed by atoms with Gasteiger partial charge in [-0.05, 0) is 29.7 Å². The molecule has 4 N–H and O–H groups in total. The highest BCUT2D eigenvalue weighted by Crippen LogP contribution is 2.16. The Balaban J connectivity index is 1.53. The van der Waals surface area contributed by atoms with Gasteiger partial charge in [-0.25, -0.2) is 9.59 Å². The molecule has 0 radical (unpaired) electrons. The number of nitrogens with one attached hydrogen (secondary N) is 2. The molecule has 12 nitrogen and oxygen atoms in total. The van der Waals surface area contributed by atoms with Gasteiger partial charge in [0.15, 0.2) is 0 Å². The fraction of sp³-hybridized carbons (Fsp3) is 0.346. The SMILES string of the molecule is O=C(O)CN(CC(=O)N[C@H](Cc1ccc(NC(=O)OCc2ccccc2)cc1)C(=O)O)C(=O)C1CCOC1. The summed E-state index contributed by atoms with van der Waals surface area (Å²) < 4.78 is 10.3. The standard InChI is InChI=1S/C26H29N3O9/c30-22(13-29(14-23(31)32)24(33)19-10-11-37-16-19)28-21(25(34)35)12-17-6-8-20(9-7-17)27-26(36)38-15-18-4-2-1-3-5-18/h1-9,19,21H,10-16H2,(H,27,36)(H,28,30)(H,31,32)(H,34,35)/t19?,21-/m1/s1. The summed E-state index contributed by atoms with van der Waals surface area (Å²) in [6.45, 7) is -0.672. The maximum atomic E-state index is 12.6. The average molecular weight is 528 g/mol. The van der Waals surface area contributed by atoms with Gasteiger partial charge >= 0.3 is 18.0 Å². The highest BCUT2D eigenvalue weighted by Gasteiger charge is 2.31. The first-order chi connectivity index (χ1) is 18.2. The Hall–Kier alpha value is -4.45. The molecule has 2 aromatic carbocycles. The Morgan fingerprint density at radius 3 is 2.29 bits per heavy atom. The number of aliphatic carboxylic acids is 2. The smallest absolute Gasteiger partial charge is 0.411 e. The predicted octanol–water partition coefficient (Wildman–Crippen LogP) is 1.50. The Morgan fingerprint density at radius 1 is 0.974 bits per heavy atom. The maximum Gasteiger partial charge on any atom is 0.411 e. The summed E-state index contributed by atoms with van der Waals surface area (Å²) in [6.07, 6.45) is -0.311. The number of ether oxygens (including phenoxy) is 2. The zero-order chi connectivity index (χ0) is 27.5. The van der Waals surface area contributed by atoms with Crippen molar-refractivity contribution in [2.75, 3.05) is 31.6 Å². The van der Waals surface area contributed by atoms with E-state index in [1.54, 1.807) is 24.3 Å². The van der Waals surface area contributed by atoms with Crippen LogP contribution in [0.1, 0.15) is 17.5 Å². The van der Waals surface area contributed by atoms with Crippen molar-refractivity contribution >= 4 is 35.5 Å². The summed E-state index contributed by atoms with van der Waals surface area (Å²) in [5.41, 5.74) is 1.83. The van der Waals surface area contributed by atoms with Crippen molar-refractivity contribution < 1.29 is 43.7 Å². The number of rotatable bonds is 12. The van der Waals surface area contributed by atoms with Crippen LogP contribution in [0.15, 0.2) is 54.6 Å². The van der Waals surface area contributed by atoms with Gasteiger partial charge in [0.1, 0.15) is 25.7 Å². The predicted molar refractivity (Wildman–Crippen MR) is 133 cm³/mol. The lowest BCUT2D eigenvalue weighted by Gasteiger charge is -2.24. The summed E-state index contributed by atoms with van der Waals surface area (Å²) in [4.78, 5) is 61.0. The third-order valence-corrected chi connectivity index (χ3v) is 5.74. The summed E-state index contributed by atoms with van der Waals surface area (Å²) in [6, 6.07) is 14.2. The van der Waals surface area contributed by atoms with Gasteiger partial charge in [0.2, 0.25) is 11.8 Å². The minimum absolute atomic E-state index is 0.0802. The van der Waals surface area contributed by atoms with Crippen molar-refractivity contribution in [3.8, 4) is 0 Å². The second-order valence-electron chi connectivity index (χ2n) is 8.69. The van der Waals surface area contributed by atoms with E-state index in [9.17, 15) is 29.1 Å². The molecule has 12 heteroatoms. The Morgan fingerprint density at radius 2 is 1.68 bits per heavy atom. The number of carboxylic acid groups (broad SMARTS) is 2. The van der Waals surface area contributed by atoms with Gasteiger partial charge in [-0.15, -0.1) is 0 Å². The third kappa shape index (κ3) is 8.89. The number of carbonyl (C=O) groups excluding carboxylic acids is 3. The summed E-state index contributed by atoms with van der Waals surface area (Å²) in [7, 11) is 0. The van der Waals surface area contributed by atoms with Gasteiger partial charge in [0.25, 0.3) is 0 Å². The molecule has 0 aromatic heterocycles. The Labute approximate surface area is 218 Å². The summed E-state index contributed by atoms with van der Waals surface area (Å²) >= 11 is 0. The van der Waals surface area contributed by atoms with Crippen molar-refractivity contribution in [1.82, 2.24) is 10.2 Å². The van der Waals surface area contributed by atoms with Crippen LogP contribution < -0.4 is 10.6 Å². The van der Waals surface area contributed by atoms with Crippen LogP contribution in [0.4, 0.5) is 10.5 Å². The fourth-order valence-corrected chi connectivity index (χ4v) is 3.81. The maximum absolute atomic E-state index is 12.6. The zero-order valence-electron chi connectivity index (χ0n) is 20.5. The molecule has 0 bridgehead atoms. The first-order valence-electron chi connectivity index (χ1n) is 11.9. The molecule has 38 heavy (non-hydrogen) atoms. The number of nitrogens with zero attached hydrogens (tertiary/aromatic N) is 1. The first kappa shape index (κ1) is 28.1. The van der Waals surface area contributed by atoms with Crippen LogP contribution in [0, 0.1) is 5.92 Å². The molecule has 1 saturated heterocycles. The van der Waals surface area contributed by atoms with Crippen LogP contribution in [-0.4, -0.2) is 77.3 Å². The molecule has 0 saturated carbocycles. The monoisotopic (exact) mass is 527 g/mol. The lowest BCUT2D eigenvalue weighted by Crippen LogP contribution is -2.50. The topological polar surface area (TPSA) is 172 Å². The van der Waals surface area contributed by atoms with Crippen molar-refractivity contribution in [3.63, 3.8) is 0 Å². The molecule has 0 spiro atoms. The number of anilines is 1. The van der Waals surface area contributed by atoms with Gasteiger partial charge in [-0.2, -0.15) is 0 Å². The van der Waals surface area contributed by atoms with Gasteiger partial charge in [0, 0.05) is 18.7 Å². The minimum atomic E-state index is -1.33. The number of hydrogen-bond donors (Lipinski definition) is 4. The Kier molecular flexibility index (Phi) is 10.2. The molecule has 0 aliphatic carbocycles.